The molecule has 1 aromatic carbocycles. The second-order valence-corrected chi connectivity index (χ2v) is 5.65. The van der Waals surface area contributed by atoms with E-state index < -0.39 is 5.97 Å². The van der Waals surface area contributed by atoms with Crippen molar-refractivity contribution in [2.75, 3.05) is 18.5 Å². The highest BCUT2D eigenvalue weighted by Gasteiger charge is 2.41. The van der Waals surface area contributed by atoms with Gasteiger partial charge in [-0.1, -0.05) is 12.1 Å². The molecule has 0 radical (unpaired) electrons. The minimum atomic E-state index is -1.01. The quantitative estimate of drug-likeness (QED) is 0.901. The fraction of sp³-hybridized carbons (Fsp3) is 0.467. The third-order valence-electron chi connectivity index (χ3n) is 4.44. The van der Waals surface area contributed by atoms with E-state index in [9.17, 15) is 14.7 Å². The molecule has 3 rings (SSSR count). The number of hydrogen-bond acceptors (Lipinski definition) is 2. The second kappa shape index (κ2) is 4.81. The fourth-order valence-corrected chi connectivity index (χ4v) is 3.40. The van der Waals surface area contributed by atoms with Crippen LogP contribution in [-0.4, -0.2) is 41.6 Å². The van der Waals surface area contributed by atoms with E-state index in [-0.39, 0.29) is 11.6 Å². The Morgan fingerprint density at radius 1 is 1.30 bits per heavy atom. The molecule has 2 aliphatic rings. The average Bonchev–Trinajstić information content (AvgIpc) is 3.08. The molecule has 1 aliphatic heterocycles. The summed E-state index contributed by atoms with van der Waals surface area (Å²) in [6.07, 6.45) is 3.38. The van der Waals surface area contributed by atoms with Crippen LogP contribution in [0.4, 0.5) is 10.5 Å². The number of amides is 2. The van der Waals surface area contributed by atoms with E-state index in [4.69, 9.17) is 0 Å². The van der Waals surface area contributed by atoms with Crippen molar-refractivity contribution in [1.29, 1.82) is 0 Å². The number of carboxylic acid groups (broad SMARTS) is 1. The van der Waals surface area contributed by atoms with Gasteiger partial charge in [-0.15, -0.1) is 0 Å². The highest BCUT2D eigenvalue weighted by atomic mass is 16.4. The maximum atomic E-state index is 12.6. The number of anilines is 1. The summed E-state index contributed by atoms with van der Waals surface area (Å²) in [5.74, 6) is -0.379. The van der Waals surface area contributed by atoms with Gasteiger partial charge in [0, 0.05) is 19.6 Å². The minimum Gasteiger partial charge on any atom is -0.478 e. The molecule has 5 nitrogen and oxygen atoms in total. The van der Waals surface area contributed by atoms with Gasteiger partial charge in [0.05, 0.1) is 11.3 Å². The van der Waals surface area contributed by atoms with E-state index in [0.29, 0.717) is 17.6 Å². The Morgan fingerprint density at radius 2 is 2.05 bits per heavy atom. The average molecular weight is 274 g/mol. The Balaban J connectivity index is 1.84. The standard InChI is InChI=1S/C15H18N2O3/c1-16(13-5-3-2-4-12(13)14(18)19)15(20)17-9-10-6-7-11(17)8-10/h2-5,10-11H,6-9H2,1H3,(H,18,19). The first-order chi connectivity index (χ1) is 9.58. The number of aromatic carboxylic acids is 1. The summed E-state index contributed by atoms with van der Waals surface area (Å²) in [5, 5.41) is 9.22. The summed E-state index contributed by atoms with van der Waals surface area (Å²) in [6, 6.07) is 6.87. The van der Waals surface area contributed by atoms with Gasteiger partial charge in [-0.2, -0.15) is 0 Å². The summed E-state index contributed by atoms with van der Waals surface area (Å²) in [6.45, 7) is 0.809. The molecule has 5 heteroatoms. The van der Waals surface area contributed by atoms with Gasteiger partial charge in [0.1, 0.15) is 0 Å². The maximum Gasteiger partial charge on any atom is 0.337 e. The fourth-order valence-electron chi connectivity index (χ4n) is 3.40. The molecule has 1 heterocycles. The van der Waals surface area contributed by atoms with E-state index in [1.165, 1.54) is 17.4 Å². The van der Waals surface area contributed by atoms with E-state index in [0.717, 1.165) is 19.4 Å². The van der Waals surface area contributed by atoms with Crippen molar-refractivity contribution in [3.05, 3.63) is 29.8 Å². The van der Waals surface area contributed by atoms with Gasteiger partial charge < -0.3 is 10.0 Å². The smallest absolute Gasteiger partial charge is 0.337 e. The van der Waals surface area contributed by atoms with Crippen LogP contribution in [0.25, 0.3) is 0 Å². The lowest BCUT2D eigenvalue weighted by Crippen LogP contribution is -2.45. The van der Waals surface area contributed by atoms with Crippen molar-refractivity contribution in [3.8, 4) is 0 Å². The lowest BCUT2D eigenvalue weighted by Gasteiger charge is -2.31. The Morgan fingerprint density at radius 3 is 2.65 bits per heavy atom. The van der Waals surface area contributed by atoms with Crippen LogP contribution < -0.4 is 4.90 Å². The number of urea groups is 1. The van der Waals surface area contributed by atoms with Crippen molar-refractivity contribution in [1.82, 2.24) is 4.90 Å². The number of benzene rings is 1. The third-order valence-corrected chi connectivity index (χ3v) is 4.44. The Bertz CT molecular complexity index is 558. The maximum absolute atomic E-state index is 12.6. The number of carbonyl (C=O) groups is 2. The molecule has 1 N–H and O–H groups in total. The molecule has 1 aromatic rings. The molecule has 2 unspecified atom stereocenters. The number of hydrogen-bond donors (Lipinski definition) is 1. The molecule has 2 atom stereocenters. The van der Waals surface area contributed by atoms with Crippen LogP contribution in [0.15, 0.2) is 24.3 Å². The van der Waals surface area contributed by atoms with Crippen molar-refractivity contribution < 1.29 is 14.7 Å². The molecular formula is C15H18N2O3. The van der Waals surface area contributed by atoms with Gasteiger partial charge >= 0.3 is 12.0 Å². The monoisotopic (exact) mass is 274 g/mol. The largest absolute Gasteiger partial charge is 0.478 e. The zero-order valence-corrected chi connectivity index (χ0v) is 11.5. The van der Waals surface area contributed by atoms with Crippen LogP contribution in [0.1, 0.15) is 29.6 Å². The van der Waals surface area contributed by atoms with Gasteiger partial charge in [-0.25, -0.2) is 9.59 Å². The van der Waals surface area contributed by atoms with Crippen molar-refractivity contribution in [3.63, 3.8) is 0 Å². The lowest BCUT2D eigenvalue weighted by atomic mass is 10.1. The van der Waals surface area contributed by atoms with Crippen LogP contribution in [-0.2, 0) is 0 Å². The molecule has 1 aliphatic carbocycles. The van der Waals surface area contributed by atoms with E-state index in [1.54, 1.807) is 25.2 Å². The molecule has 2 fully saturated rings. The van der Waals surface area contributed by atoms with Crippen LogP contribution in [0, 0.1) is 5.92 Å². The molecule has 2 amide bonds. The zero-order valence-electron chi connectivity index (χ0n) is 11.5. The molecular weight excluding hydrogens is 256 g/mol. The summed E-state index contributed by atoms with van der Waals surface area (Å²) < 4.78 is 0. The van der Waals surface area contributed by atoms with Gasteiger partial charge in [0.25, 0.3) is 0 Å². The zero-order chi connectivity index (χ0) is 14.3. The minimum absolute atomic E-state index is 0.0918. The number of fused-ring (bicyclic) bond motifs is 2. The predicted molar refractivity (Wildman–Crippen MR) is 75.0 cm³/mol. The van der Waals surface area contributed by atoms with Gasteiger partial charge in [-0.3, -0.25) is 4.90 Å². The summed E-state index contributed by atoms with van der Waals surface area (Å²) >= 11 is 0. The first kappa shape index (κ1) is 13.0. The summed E-state index contributed by atoms with van der Waals surface area (Å²) in [5.41, 5.74) is 0.612. The molecule has 2 bridgehead atoms. The van der Waals surface area contributed by atoms with Crippen LogP contribution in [0.5, 0.6) is 0 Å². The highest BCUT2D eigenvalue weighted by Crippen LogP contribution is 2.38. The normalized spacial score (nSPS) is 23.9. The summed E-state index contributed by atoms with van der Waals surface area (Å²) in [4.78, 5) is 27.2. The Hall–Kier alpha value is -2.04. The molecule has 20 heavy (non-hydrogen) atoms. The third kappa shape index (κ3) is 2.03. The molecule has 0 spiro atoms. The lowest BCUT2D eigenvalue weighted by molar-refractivity contribution is 0.0697. The number of carboxylic acids is 1. The topological polar surface area (TPSA) is 60.9 Å². The SMILES string of the molecule is CN(C(=O)N1CC2CCC1C2)c1ccccc1C(=O)O. The van der Waals surface area contributed by atoms with Crippen molar-refractivity contribution in [2.45, 2.75) is 25.3 Å². The number of rotatable bonds is 2. The number of piperidine rings is 1. The molecule has 0 aromatic heterocycles. The first-order valence-electron chi connectivity index (χ1n) is 6.94. The molecule has 106 valence electrons. The highest BCUT2D eigenvalue weighted by molar-refractivity contribution is 6.01. The van der Waals surface area contributed by atoms with Gasteiger partial charge in [0.2, 0.25) is 0 Å². The Labute approximate surface area is 117 Å². The van der Waals surface area contributed by atoms with Crippen LogP contribution >= 0.6 is 0 Å². The van der Waals surface area contributed by atoms with E-state index in [2.05, 4.69) is 0 Å². The van der Waals surface area contributed by atoms with Crippen LogP contribution in [0.3, 0.4) is 0 Å². The van der Waals surface area contributed by atoms with Crippen molar-refractivity contribution >= 4 is 17.7 Å². The first-order valence-corrected chi connectivity index (χ1v) is 6.94. The molecule has 1 saturated heterocycles. The number of likely N-dealkylation sites (tertiary alicyclic amines) is 1. The van der Waals surface area contributed by atoms with E-state index >= 15 is 0 Å². The van der Waals surface area contributed by atoms with E-state index in [1.807, 2.05) is 4.90 Å². The number of carbonyl (C=O) groups excluding carboxylic acids is 1. The number of nitrogens with zero attached hydrogens (tertiary/aromatic N) is 2. The predicted octanol–water partition coefficient (Wildman–Crippen LogP) is 2.43. The van der Waals surface area contributed by atoms with Crippen molar-refractivity contribution in [2.24, 2.45) is 5.92 Å². The Kier molecular flexibility index (Phi) is 3.12. The van der Waals surface area contributed by atoms with Gasteiger partial charge in [-0.05, 0) is 37.3 Å². The van der Waals surface area contributed by atoms with Gasteiger partial charge in [0.15, 0.2) is 0 Å². The summed E-state index contributed by atoms with van der Waals surface area (Å²) in [7, 11) is 1.65. The number of para-hydroxylation sites is 1. The van der Waals surface area contributed by atoms with Crippen LogP contribution in [0.2, 0.25) is 0 Å². The molecule has 1 saturated carbocycles. The second-order valence-electron chi connectivity index (χ2n) is 5.65.